The molecule has 15 rings (SSSR count). The zero-order valence-corrected chi connectivity index (χ0v) is 61.8. The van der Waals surface area contributed by atoms with Crippen LogP contribution in [0.1, 0.15) is 156 Å². The topological polar surface area (TPSA) is 215 Å². The molecule has 5 amide bonds. The van der Waals surface area contributed by atoms with Crippen LogP contribution in [0.5, 0.6) is 5.75 Å². The fourth-order valence-corrected chi connectivity index (χ4v) is 14.1. The molecule has 0 fully saturated rings. The number of carbonyl (C=O) groups is 5. The minimum atomic E-state index is -0.399. The normalized spacial score (nSPS) is 17.0. The SMILES string of the molecule is CCc1ccc(C(=O)NCC2NCCc3ccccc32)cc1.COc1cccc(C(=O)NCC2NCCc3ccccc32)c1.Cc1ccc(C(=O)NCC2NCCc3ccccc32)cc1.O=C(NCC1NCCc2ccccc21)c1ccc(Cl)cc1.O=C(NCC1NCCc2ccccc21)c1cccc(F)c1. The molecule has 0 saturated heterocycles. The van der Waals surface area contributed by atoms with Gasteiger partial charge in [0.05, 0.1) is 7.11 Å². The quantitative estimate of drug-likeness (QED) is 0.0414. The van der Waals surface area contributed by atoms with Crippen LogP contribution >= 0.6 is 11.6 Å². The smallest absolute Gasteiger partial charge is 0.251 e. The van der Waals surface area contributed by atoms with E-state index in [-0.39, 0.29) is 59.7 Å². The number of ether oxygens (including phenoxy) is 1. The van der Waals surface area contributed by atoms with E-state index >= 15 is 0 Å². The number of aryl methyl sites for hydroxylation is 2. The molecule has 0 aliphatic carbocycles. The van der Waals surface area contributed by atoms with Gasteiger partial charge in [-0.2, -0.15) is 0 Å². The van der Waals surface area contributed by atoms with Crippen molar-refractivity contribution in [3.05, 3.63) is 348 Å². The Hall–Kier alpha value is -10.6. The summed E-state index contributed by atoms with van der Waals surface area (Å²) in [6.45, 7) is 11.7. The zero-order valence-electron chi connectivity index (χ0n) is 61.0. The minimum absolute atomic E-state index is 0.00694. The summed E-state index contributed by atoms with van der Waals surface area (Å²) in [5, 5.41) is 32.9. The highest BCUT2D eigenvalue weighted by molar-refractivity contribution is 6.30. The fourth-order valence-electron chi connectivity index (χ4n) is 14.0. The Kier molecular flexibility index (Phi) is 28.7. The number of rotatable bonds is 17. The van der Waals surface area contributed by atoms with Crippen LogP contribution in [0.25, 0.3) is 0 Å². The Bertz CT molecular complexity index is 4480. The first kappa shape index (κ1) is 77.5. The second-order valence-corrected chi connectivity index (χ2v) is 27.4. The van der Waals surface area contributed by atoms with Gasteiger partial charge >= 0.3 is 0 Å². The third-order valence-electron chi connectivity index (χ3n) is 19.9. The lowest BCUT2D eigenvalue weighted by Gasteiger charge is -2.27. The van der Waals surface area contributed by atoms with Crippen molar-refractivity contribution >= 4 is 41.1 Å². The summed E-state index contributed by atoms with van der Waals surface area (Å²) in [6.07, 6.45) is 6.18. The molecule has 18 heteroatoms. The zero-order chi connectivity index (χ0) is 74.7. The highest BCUT2D eigenvalue weighted by Gasteiger charge is 2.25. The maximum atomic E-state index is 13.1. The van der Waals surface area contributed by atoms with Crippen molar-refractivity contribution < 1.29 is 33.1 Å². The molecule has 0 saturated carbocycles. The van der Waals surface area contributed by atoms with Crippen molar-refractivity contribution in [1.29, 1.82) is 0 Å². The second-order valence-electron chi connectivity index (χ2n) is 27.0. The maximum absolute atomic E-state index is 13.1. The van der Waals surface area contributed by atoms with Crippen LogP contribution in [0.2, 0.25) is 5.02 Å². The summed E-state index contributed by atoms with van der Waals surface area (Å²) in [5.74, 6) is -0.135. The van der Waals surface area contributed by atoms with Crippen LogP contribution < -0.4 is 57.9 Å². The molecule has 552 valence electrons. The average Bonchev–Trinajstić information content (AvgIpc) is 0.845. The Morgan fingerprint density at radius 2 is 0.654 bits per heavy atom. The van der Waals surface area contributed by atoms with Gasteiger partial charge in [0.15, 0.2) is 0 Å². The van der Waals surface area contributed by atoms with Crippen LogP contribution in [0.4, 0.5) is 4.39 Å². The Labute approximate surface area is 632 Å². The fraction of sp³-hybridized carbons (Fsp3) is 0.270. The summed E-state index contributed by atoms with van der Waals surface area (Å²) >= 11 is 5.83. The van der Waals surface area contributed by atoms with E-state index in [0.29, 0.717) is 65.7 Å². The van der Waals surface area contributed by atoms with E-state index in [1.54, 1.807) is 55.6 Å². The van der Waals surface area contributed by atoms with Crippen LogP contribution in [0, 0.1) is 12.7 Å². The molecule has 107 heavy (non-hydrogen) atoms. The standard InChI is InChI=1S/C19H22N2O.C18H20N2O2.C18H20N2O.C17H17ClN2O.C17H17FN2O/c1-2-14-7-9-16(10-8-14)19(22)21-13-18-17-6-4-3-5-15(17)11-12-20-18;1-22-15-7-4-6-14(11-15)18(21)20-12-17-16-8-3-2-5-13(16)9-10-19-17;1-13-6-8-15(9-7-13)18(21)20-12-17-16-5-3-2-4-14(16)10-11-19-17;18-14-7-5-13(6-8-14)17(21)20-11-16-15-4-2-1-3-12(15)9-10-19-16;18-14-6-3-5-13(10-14)17(21)20-11-16-15-7-2-1-4-12(15)8-9-19-16/h3-10,18,20H,2,11-13H2,1H3,(H,21,22);2-8,11,17,19H,9-10,12H2,1H3,(H,20,21);2-9,17,19H,10-12H2,1H3,(H,20,21);1-8,16,19H,9-11H2,(H,20,21);1-7,10,16,19H,8-9,11H2,(H,20,21). The molecule has 5 aliphatic rings. The van der Waals surface area contributed by atoms with Crippen molar-refractivity contribution in [3.8, 4) is 5.75 Å². The first-order valence-corrected chi connectivity index (χ1v) is 37.4. The van der Waals surface area contributed by atoms with E-state index in [1.165, 1.54) is 73.3 Å². The third-order valence-corrected chi connectivity index (χ3v) is 20.1. The first-order chi connectivity index (χ1) is 52.3. The highest BCUT2D eigenvalue weighted by atomic mass is 35.5. The number of methoxy groups -OCH3 is 1. The Morgan fingerprint density at radius 3 is 0.972 bits per heavy atom. The van der Waals surface area contributed by atoms with Gasteiger partial charge in [0, 0.05) is 95.8 Å². The molecule has 10 aromatic carbocycles. The molecule has 5 atom stereocenters. The molecule has 0 bridgehead atoms. The van der Waals surface area contributed by atoms with Crippen LogP contribution in [-0.4, -0.2) is 102 Å². The summed E-state index contributed by atoms with van der Waals surface area (Å²) < 4.78 is 18.3. The lowest BCUT2D eigenvalue weighted by molar-refractivity contribution is 0.0940. The molecule has 0 radical (unpaired) electrons. The Morgan fingerprint density at radius 1 is 0.364 bits per heavy atom. The van der Waals surface area contributed by atoms with Gasteiger partial charge in [-0.15, -0.1) is 0 Å². The predicted molar refractivity (Wildman–Crippen MR) is 424 cm³/mol. The molecule has 5 unspecified atom stereocenters. The van der Waals surface area contributed by atoms with Gasteiger partial charge < -0.3 is 57.9 Å². The second kappa shape index (κ2) is 39.6. The number of amides is 5. The monoisotopic (exact) mass is 1450 g/mol. The number of carbonyl (C=O) groups excluding carboxylic acids is 5. The van der Waals surface area contributed by atoms with Crippen molar-refractivity contribution in [3.63, 3.8) is 0 Å². The summed E-state index contributed by atoms with van der Waals surface area (Å²) in [6, 6.07) is 78.1. The van der Waals surface area contributed by atoms with Crippen molar-refractivity contribution in [1.82, 2.24) is 53.2 Å². The number of fused-ring (bicyclic) bond motifs is 5. The predicted octanol–water partition coefficient (Wildman–Crippen LogP) is 13.2. The van der Waals surface area contributed by atoms with E-state index < -0.39 is 5.82 Å². The summed E-state index contributed by atoms with van der Waals surface area (Å²) in [5.41, 5.74) is 18.6. The van der Waals surface area contributed by atoms with Crippen molar-refractivity contribution in [2.45, 2.75) is 82.6 Å². The summed E-state index contributed by atoms with van der Waals surface area (Å²) in [4.78, 5) is 60.9. The highest BCUT2D eigenvalue weighted by Crippen LogP contribution is 2.27. The maximum Gasteiger partial charge on any atom is 0.251 e. The number of halogens is 2. The molecular formula is C89H96ClFN10O6. The first-order valence-electron chi connectivity index (χ1n) is 37.0. The number of benzene rings is 10. The molecule has 5 aliphatic heterocycles. The molecule has 0 aromatic heterocycles. The van der Waals surface area contributed by atoms with Gasteiger partial charge in [0.2, 0.25) is 0 Å². The van der Waals surface area contributed by atoms with E-state index in [9.17, 15) is 28.4 Å². The minimum Gasteiger partial charge on any atom is -0.497 e. The van der Waals surface area contributed by atoms with Gasteiger partial charge in [-0.1, -0.05) is 182 Å². The largest absolute Gasteiger partial charge is 0.497 e. The van der Waals surface area contributed by atoms with Gasteiger partial charge in [0.25, 0.3) is 29.5 Å². The van der Waals surface area contributed by atoms with E-state index in [4.69, 9.17) is 16.3 Å². The number of nitrogens with one attached hydrogen (secondary N) is 10. The van der Waals surface area contributed by atoms with E-state index in [2.05, 4.69) is 157 Å². The lowest BCUT2D eigenvalue weighted by Crippen LogP contribution is -2.38. The van der Waals surface area contributed by atoms with Gasteiger partial charge in [-0.25, -0.2) is 4.39 Å². The van der Waals surface area contributed by atoms with Crippen molar-refractivity contribution in [2.24, 2.45) is 0 Å². The lowest BCUT2D eigenvalue weighted by atomic mass is 9.94. The van der Waals surface area contributed by atoms with Gasteiger partial charge in [-0.3, -0.25) is 24.0 Å². The van der Waals surface area contributed by atoms with E-state index in [1.807, 2.05) is 91.9 Å². The number of hydrogen-bond donors (Lipinski definition) is 10. The van der Waals surface area contributed by atoms with Crippen LogP contribution in [0.3, 0.4) is 0 Å². The van der Waals surface area contributed by atoms with Crippen LogP contribution in [-0.2, 0) is 38.5 Å². The molecular weight excluding hydrogens is 1360 g/mol. The number of hydrogen-bond acceptors (Lipinski definition) is 11. The molecule has 10 N–H and O–H groups in total. The molecule has 10 aromatic rings. The van der Waals surface area contributed by atoms with Crippen LogP contribution in [0.15, 0.2) is 243 Å². The third kappa shape index (κ3) is 22.2. The Balaban J connectivity index is 0.000000133. The summed E-state index contributed by atoms with van der Waals surface area (Å²) in [7, 11) is 1.60. The molecule has 16 nitrogen and oxygen atoms in total. The van der Waals surface area contributed by atoms with Gasteiger partial charge in [0.1, 0.15) is 11.6 Å². The molecule has 5 heterocycles. The van der Waals surface area contributed by atoms with E-state index in [0.717, 1.165) is 82.4 Å². The average molecular weight is 1460 g/mol. The van der Waals surface area contributed by atoms with Crippen molar-refractivity contribution in [2.75, 3.05) is 72.6 Å². The van der Waals surface area contributed by atoms with Gasteiger partial charge in [-0.05, 0) is 224 Å². The molecule has 0 spiro atoms.